The smallest absolute Gasteiger partial charge is 0.343 e. The van der Waals surface area contributed by atoms with Gasteiger partial charge >= 0.3 is 11.9 Å². The Morgan fingerprint density at radius 3 is 1.67 bits per heavy atom. The highest BCUT2D eigenvalue weighted by Gasteiger charge is 2.17. The Morgan fingerprint density at radius 2 is 1.26 bits per heavy atom. The first-order valence-corrected chi connectivity index (χ1v) is 12.7. The van der Waals surface area contributed by atoms with Crippen LogP contribution in [0.1, 0.15) is 31.8 Å². The van der Waals surface area contributed by atoms with Gasteiger partial charge in [-0.15, -0.1) is 0 Å². The molecule has 0 saturated heterocycles. The summed E-state index contributed by atoms with van der Waals surface area (Å²) in [5.41, 5.74) is 12.7. The molecule has 0 aromatic heterocycles. The van der Waals surface area contributed by atoms with Crippen LogP contribution in [0.15, 0.2) is 60.4 Å². The lowest BCUT2D eigenvalue weighted by Gasteiger charge is -2.13. The van der Waals surface area contributed by atoms with E-state index in [0.717, 1.165) is 6.08 Å². The number of aliphatic hydroxyl groups excluding tert-OH is 1. The van der Waals surface area contributed by atoms with Gasteiger partial charge in [-0.05, 0) is 47.5 Å². The van der Waals surface area contributed by atoms with Gasteiger partial charge in [0.1, 0.15) is 28.4 Å². The molecule has 5 N–H and O–H groups in total. The fourth-order valence-electron chi connectivity index (χ4n) is 3.04. The highest BCUT2D eigenvalue weighted by molar-refractivity contribution is 7.80. The zero-order chi connectivity index (χ0) is 28.9. The van der Waals surface area contributed by atoms with Crippen LogP contribution >= 0.6 is 25.3 Å². The van der Waals surface area contributed by atoms with Gasteiger partial charge in [-0.25, -0.2) is 9.59 Å². The number of hydrogen-bond acceptors (Lipinski definition) is 12. The number of carbonyl (C=O) groups is 3. The van der Waals surface area contributed by atoms with E-state index in [1.54, 1.807) is 24.3 Å². The SMILES string of the molecule is COc1cc(/C=C/C(=O)/C=C(O)/C=C/c2ccc(C(=O)OC(N)CS)c(OC)c2)ccc1C(=O)OC(N)CS. The monoisotopic (exact) mass is 574 g/mol. The average molecular weight is 575 g/mol. The van der Waals surface area contributed by atoms with Gasteiger partial charge in [0.25, 0.3) is 0 Å². The summed E-state index contributed by atoms with van der Waals surface area (Å²) in [7, 11) is 2.79. The molecule has 0 spiro atoms. The third-order valence-corrected chi connectivity index (χ3v) is 5.66. The maximum atomic E-state index is 12.3. The van der Waals surface area contributed by atoms with Gasteiger partial charge in [0.15, 0.2) is 18.2 Å². The Kier molecular flexibility index (Phi) is 12.6. The number of benzene rings is 2. The van der Waals surface area contributed by atoms with Crippen molar-refractivity contribution in [3.05, 3.63) is 82.6 Å². The van der Waals surface area contributed by atoms with E-state index in [9.17, 15) is 19.5 Å². The minimum absolute atomic E-state index is 0.163. The van der Waals surface area contributed by atoms with Gasteiger partial charge < -0.3 is 24.1 Å². The fraction of sp³-hybridized carbons (Fsp3) is 0.222. The van der Waals surface area contributed by atoms with Gasteiger partial charge in [0, 0.05) is 17.6 Å². The summed E-state index contributed by atoms with van der Waals surface area (Å²) >= 11 is 7.95. The van der Waals surface area contributed by atoms with E-state index < -0.39 is 30.2 Å². The lowest BCUT2D eigenvalue weighted by atomic mass is 10.1. The van der Waals surface area contributed by atoms with Crippen molar-refractivity contribution in [2.75, 3.05) is 25.7 Å². The normalized spacial score (nSPS) is 13.2. The summed E-state index contributed by atoms with van der Waals surface area (Å²) < 4.78 is 20.6. The molecule has 2 unspecified atom stereocenters. The molecule has 0 saturated carbocycles. The molecule has 208 valence electrons. The molecule has 0 amide bonds. The predicted octanol–water partition coefficient (Wildman–Crippen LogP) is 3.18. The highest BCUT2D eigenvalue weighted by atomic mass is 32.1. The van der Waals surface area contributed by atoms with Crippen LogP contribution in [0.4, 0.5) is 0 Å². The minimum atomic E-state index is -0.857. The second-order valence-electron chi connectivity index (χ2n) is 7.81. The van der Waals surface area contributed by atoms with Gasteiger partial charge in [-0.2, -0.15) is 25.3 Å². The van der Waals surface area contributed by atoms with Crippen molar-refractivity contribution in [2.45, 2.75) is 12.5 Å². The van der Waals surface area contributed by atoms with Crippen LogP contribution < -0.4 is 20.9 Å². The number of allylic oxidation sites excluding steroid dienone is 3. The van der Waals surface area contributed by atoms with Gasteiger partial charge in [-0.3, -0.25) is 16.3 Å². The minimum Gasteiger partial charge on any atom is -0.508 e. The number of thiol groups is 2. The van der Waals surface area contributed by atoms with E-state index >= 15 is 0 Å². The maximum Gasteiger partial charge on any atom is 0.343 e. The third-order valence-electron chi connectivity index (χ3n) is 4.94. The number of nitrogens with two attached hydrogens (primary N) is 2. The Hall–Kier alpha value is -3.71. The van der Waals surface area contributed by atoms with Crippen LogP contribution in [0.5, 0.6) is 11.5 Å². The van der Waals surface area contributed by atoms with Crippen LogP contribution in [0, 0.1) is 0 Å². The first kappa shape index (κ1) is 31.5. The molecule has 2 aromatic carbocycles. The number of rotatable bonds is 13. The van der Waals surface area contributed by atoms with Crippen molar-refractivity contribution >= 4 is 55.1 Å². The van der Waals surface area contributed by atoms with Crippen LogP contribution in [0.2, 0.25) is 0 Å². The van der Waals surface area contributed by atoms with Gasteiger partial charge in [-0.1, -0.05) is 24.3 Å². The van der Waals surface area contributed by atoms with Crippen LogP contribution in [-0.2, 0) is 14.3 Å². The summed E-state index contributed by atoms with van der Waals surface area (Å²) in [5.74, 6) is -1.30. The van der Waals surface area contributed by atoms with Crippen molar-refractivity contribution in [1.29, 1.82) is 0 Å². The van der Waals surface area contributed by atoms with E-state index in [1.165, 1.54) is 50.7 Å². The molecule has 39 heavy (non-hydrogen) atoms. The Bertz CT molecular complexity index is 1280. The van der Waals surface area contributed by atoms with Gasteiger partial charge in [0.05, 0.1) is 14.2 Å². The first-order chi connectivity index (χ1) is 18.6. The highest BCUT2D eigenvalue weighted by Crippen LogP contribution is 2.24. The van der Waals surface area contributed by atoms with E-state index in [-0.39, 0.29) is 39.9 Å². The van der Waals surface area contributed by atoms with E-state index in [1.807, 2.05) is 0 Å². The number of esters is 2. The predicted molar refractivity (Wildman–Crippen MR) is 154 cm³/mol. The molecular weight excluding hydrogens is 544 g/mol. The summed E-state index contributed by atoms with van der Waals surface area (Å²) in [5, 5.41) is 10.2. The molecule has 2 atom stereocenters. The lowest BCUT2D eigenvalue weighted by Crippen LogP contribution is -2.28. The summed E-state index contributed by atoms with van der Waals surface area (Å²) in [6.45, 7) is 0. The maximum absolute atomic E-state index is 12.3. The number of methoxy groups -OCH3 is 2. The number of ether oxygens (including phenoxy) is 4. The number of ketones is 1. The molecule has 0 bridgehead atoms. The molecule has 2 rings (SSSR count). The number of aliphatic hydroxyl groups is 1. The quantitative estimate of drug-likeness (QED) is 0.0600. The largest absolute Gasteiger partial charge is 0.508 e. The van der Waals surface area contributed by atoms with Crippen molar-refractivity contribution in [3.8, 4) is 11.5 Å². The Balaban J connectivity index is 2.09. The second kappa shape index (κ2) is 15.6. The van der Waals surface area contributed by atoms with Crippen molar-refractivity contribution in [2.24, 2.45) is 11.5 Å². The number of carbonyl (C=O) groups excluding carboxylic acids is 3. The van der Waals surface area contributed by atoms with Crippen LogP contribution in [0.25, 0.3) is 12.2 Å². The zero-order valence-electron chi connectivity index (χ0n) is 21.3. The molecule has 0 aliphatic rings. The summed E-state index contributed by atoms with van der Waals surface area (Å²) in [4.78, 5) is 36.7. The average Bonchev–Trinajstić information content (AvgIpc) is 2.94. The molecule has 2 aromatic rings. The van der Waals surface area contributed by atoms with E-state index in [2.05, 4.69) is 25.3 Å². The molecule has 10 nitrogen and oxygen atoms in total. The van der Waals surface area contributed by atoms with Crippen LogP contribution in [-0.4, -0.2) is 61.0 Å². The first-order valence-electron chi connectivity index (χ1n) is 11.4. The molecule has 0 aliphatic carbocycles. The molecule has 0 fully saturated rings. The standard InChI is InChI=1S/C27H30N2O8S2/c1-34-22-11-16(5-9-20(22)26(32)36-24(28)14-38)3-7-18(30)13-19(31)8-4-17-6-10-21(23(12-17)35-2)27(33)37-25(29)15-39/h3-13,24-25,30,38-39H,14-15,28-29H2,1-2H3/b7-3+,8-4+,18-13-. The number of hydrogen-bond donors (Lipinski definition) is 5. The summed E-state index contributed by atoms with van der Waals surface area (Å²) in [6.07, 6.45) is 4.89. The zero-order valence-corrected chi connectivity index (χ0v) is 23.1. The molecule has 0 aliphatic heterocycles. The molecule has 0 heterocycles. The van der Waals surface area contributed by atoms with E-state index in [4.69, 9.17) is 30.4 Å². The fourth-order valence-corrected chi connectivity index (χ4v) is 3.19. The van der Waals surface area contributed by atoms with Crippen molar-refractivity contribution in [3.63, 3.8) is 0 Å². The molecule has 0 radical (unpaired) electrons. The lowest BCUT2D eigenvalue weighted by molar-refractivity contribution is -0.110. The van der Waals surface area contributed by atoms with Crippen LogP contribution in [0.3, 0.4) is 0 Å². The third kappa shape index (κ3) is 9.84. The Morgan fingerprint density at radius 1 is 0.821 bits per heavy atom. The second-order valence-corrected chi connectivity index (χ2v) is 8.54. The molecular formula is C27H30N2O8S2. The van der Waals surface area contributed by atoms with Crippen molar-refractivity contribution < 1.29 is 38.4 Å². The molecule has 12 heteroatoms. The van der Waals surface area contributed by atoms with E-state index in [0.29, 0.717) is 11.1 Å². The summed E-state index contributed by atoms with van der Waals surface area (Å²) in [6, 6.07) is 9.30. The topological polar surface area (TPSA) is 160 Å². The Labute approximate surface area is 237 Å². The van der Waals surface area contributed by atoms with Gasteiger partial charge in [0.2, 0.25) is 0 Å². The van der Waals surface area contributed by atoms with Crippen molar-refractivity contribution in [1.82, 2.24) is 0 Å².